The van der Waals surface area contributed by atoms with Crippen LogP contribution in [0.1, 0.15) is 31.7 Å². The first-order valence-electron chi connectivity index (χ1n) is 5.18. The molecule has 0 aliphatic heterocycles. The number of aromatic nitrogens is 2. The summed E-state index contributed by atoms with van der Waals surface area (Å²) < 4.78 is 1.86. The normalized spacial score (nSPS) is 14.9. The molecule has 0 saturated heterocycles. The van der Waals surface area contributed by atoms with E-state index in [1.165, 1.54) is 0 Å². The molecule has 1 aromatic rings. The standard InChI is InChI=1S/C11H18N2O2/c1-4-13-10(7-9(2)12-13)8-11(3,15)5-6-14/h6-7,15H,4-5,8H2,1-3H3. The Morgan fingerprint density at radius 3 is 2.87 bits per heavy atom. The number of carbonyl (C=O) groups is 1. The molecule has 1 atom stereocenters. The van der Waals surface area contributed by atoms with Crippen LogP contribution in [0.2, 0.25) is 0 Å². The van der Waals surface area contributed by atoms with Crippen LogP contribution < -0.4 is 0 Å². The third-order valence-electron chi connectivity index (χ3n) is 2.37. The predicted octanol–water partition coefficient (Wildman–Crippen LogP) is 1.09. The van der Waals surface area contributed by atoms with Crippen molar-refractivity contribution in [3.63, 3.8) is 0 Å². The van der Waals surface area contributed by atoms with Gasteiger partial charge in [-0.1, -0.05) is 0 Å². The average Bonchev–Trinajstić information content (AvgIpc) is 2.44. The Morgan fingerprint density at radius 2 is 2.33 bits per heavy atom. The Kier molecular flexibility index (Phi) is 3.63. The minimum absolute atomic E-state index is 0.154. The molecule has 1 heterocycles. The summed E-state index contributed by atoms with van der Waals surface area (Å²) in [6, 6.07) is 1.95. The molecule has 1 unspecified atom stereocenters. The molecule has 0 amide bonds. The second-order valence-corrected chi connectivity index (χ2v) is 4.14. The summed E-state index contributed by atoms with van der Waals surface area (Å²) in [6.45, 7) is 6.37. The summed E-state index contributed by atoms with van der Waals surface area (Å²) in [7, 11) is 0. The molecule has 0 fully saturated rings. The van der Waals surface area contributed by atoms with Crippen LogP contribution >= 0.6 is 0 Å². The maximum Gasteiger partial charge on any atom is 0.122 e. The van der Waals surface area contributed by atoms with Crippen LogP contribution in [0.5, 0.6) is 0 Å². The second kappa shape index (κ2) is 4.57. The van der Waals surface area contributed by atoms with Gasteiger partial charge in [0.15, 0.2) is 0 Å². The Balaban J connectivity index is 2.83. The maximum atomic E-state index is 10.4. The van der Waals surface area contributed by atoms with Gasteiger partial charge in [0, 0.05) is 25.1 Å². The van der Waals surface area contributed by atoms with Crippen molar-refractivity contribution in [2.24, 2.45) is 0 Å². The van der Waals surface area contributed by atoms with E-state index in [-0.39, 0.29) is 6.42 Å². The van der Waals surface area contributed by atoms with Crippen LogP contribution in [0, 0.1) is 6.92 Å². The molecule has 0 spiro atoms. The molecule has 15 heavy (non-hydrogen) atoms. The average molecular weight is 210 g/mol. The summed E-state index contributed by atoms with van der Waals surface area (Å²) in [6.07, 6.45) is 1.36. The summed E-state index contributed by atoms with van der Waals surface area (Å²) in [5, 5.41) is 14.2. The molecule has 0 radical (unpaired) electrons. The van der Waals surface area contributed by atoms with Crippen LogP contribution in [0.25, 0.3) is 0 Å². The van der Waals surface area contributed by atoms with Crippen molar-refractivity contribution < 1.29 is 9.90 Å². The minimum atomic E-state index is -0.971. The highest BCUT2D eigenvalue weighted by atomic mass is 16.3. The van der Waals surface area contributed by atoms with E-state index in [2.05, 4.69) is 5.10 Å². The van der Waals surface area contributed by atoms with Crippen molar-refractivity contribution in [2.45, 2.75) is 45.8 Å². The smallest absolute Gasteiger partial charge is 0.122 e. The lowest BCUT2D eigenvalue weighted by molar-refractivity contribution is -0.111. The monoisotopic (exact) mass is 210 g/mol. The molecule has 0 aromatic carbocycles. The highest BCUT2D eigenvalue weighted by Gasteiger charge is 2.22. The quantitative estimate of drug-likeness (QED) is 0.740. The molecule has 1 N–H and O–H groups in total. The van der Waals surface area contributed by atoms with E-state index in [1.807, 2.05) is 24.6 Å². The van der Waals surface area contributed by atoms with Gasteiger partial charge in [-0.2, -0.15) is 5.10 Å². The van der Waals surface area contributed by atoms with E-state index in [0.29, 0.717) is 6.42 Å². The van der Waals surface area contributed by atoms with Gasteiger partial charge in [-0.3, -0.25) is 4.68 Å². The highest BCUT2D eigenvalue weighted by molar-refractivity contribution is 5.51. The molecule has 84 valence electrons. The van der Waals surface area contributed by atoms with Crippen LogP contribution in [-0.2, 0) is 17.8 Å². The zero-order chi connectivity index (χ0) is 11.5. The van der Waals surface area contributed by atoms with Gasteiger partial charge in [0.1, 0.15) is 6.29 Å². The Hall–Kier alpha value is -1.16. The van der Waals surface area contributed by atoms with E-state index in [1.54, 1.807) is 6.92 Å². The van der Waals surface area contributed by atoms with Crippen molar-refractivity contribution in [1.29, 1.82) is 0 Å². The van der Waals surface area contributed by atoms with E-state index < -0.39 is 5.60 Å². The van der Waals surface area contributed by atoms with Crippen molar-refractivity contribution in [3.05, 3.63) is 17.5 Å². The van der Waals surface area contributed by atoms with Gasteiger partial charge in [-0.25, -0.2) is 0 Å². The number of hydrogen-bond donors (Lipinski definition) is 1. The maximum absolute atomic E-state index is 10.4. The number of aliphatic hydroxyl groups is 1. The number of carbonyl (C=O) groups excluding carboxylic acids is 1. The molecule has 4 heteroatoms. The number of aryl methyl sites for hydroxylation is 2. The molecule has 1 rings (SSSR count). The molecule has 0 saturated carbocycles. The van der Waals surface area contributed by atoms with E-state index in [4.69, 9.17) is 0 Å². The summed E-state index contributed by atoms with van der Waals surface area (Å²) in [4.78, 5) is 10.4. The molecule has 0 bridgehead atoms. The molecule has 1 aromatic heterocycles. The summed E-state index contributed by atoms with van der Waals surface area (Å²) in [5.41, 5.74) is 0.942. The fourth-order valence-electron chi connectivity index (χ4n) is 1.66. The SMILES string of the molecule is CCn1nc(C)cc1CC(C)(O)CC=O. The summed E-state index contributed by atoms with van der Waals surface area (Å²) in [5.74, 6) is 0. The Morgan fingerprint density at radius 1 is 1.67 bits per heavy atom. The van der Waals surface area contributed by atoms with Crippen molar-refractivity contribution in [3.8, 4) is 0 Å². The van der Waals surface area contributed by atoms with E-state index in [9.17, 15) is 9.90 Å². The molecule has 0 aliphatic rings. The lowest BCUT2D eigenvalue weighted by Crippen LogP contribution is -2.28. The predicted molar refractivity (Wildman–Crippen MR) is 57.6 cm³/mol. The first-order valence-corrected chi connectivity index (χ1v) is 5.18. The van der Waals surface area contributed by atoms with E-state index in [0.717, 1.165) is 24.2 Å². The molecule has 4 nitrogen and oxygen atoms in total. The van der Waals surface area contributed by atoms with Gasteiger partial charge in [0.05, 0.1) is 11.3 Å². The van der Waals surface area contributed by atoms with Crippen LogP contribution in [-0.4, -0.2) is 26.8 Å². The van der Waals surface area contributed by atoms with Gasteiger partial charge < -0.3 is 9.90 Å². The van der Waals surface area contributed by atoms with E-state index >= 15 is 0 Å². The number of aldehydes is 1. The largest absolute Gasteiger partial charge is 0.389 e. The molecule has 0 aliphatic carbocycles. The number of nitrogens with zero attached hydrogens (tertiary/aromatic N) is 2. The zero-order valence-corrected chi connectivity index (χ0v) is 9.53. The number of hydrogen-bond acceptors (Lipinski definition) is 3. The third-order valence-corrected chi connectivity index (χ3v) is 2.37. The molecular formula is C11H18N2O2. The van der Waals surface area contributed by atoms with Gasteiger partial charge in [0.25, 0.3) is 0 Å². The summed E-state index contributed by atoms with van der Waals surface area (Å²) >= 11 is 0. The van der Waals surface area contributed by atoms with Crippen LogP contribution in [0.15, 0.2) is 6.07 Å². The topological polar surface area (TPSA) is 55.1 Å². The molecular weight excluding hydrogens is 192 g/mol. The number of rotatable bonds is 5. The fraction of sp³-hybridized carbons (Fsp3) is 0.636. The van der Waals surface area contributed by atoms with Crippen molar-refractivity contribution in [1.82, 2.24) is 9.78 Å². The second-order valence-electron chi connectivity index (χ2n) is 4.14. The first-order chi connectivity index (χ1) is 6.98. The van der Waals surface area contributed by atoms with Crippen LogP contribution in [0.4, 0.5) is 0 Å². The zero-order valence-electron chi connectivity index (χ0n) is 9.53. The Labute approximate surface area is 89.9 Å². The van der Waals surface area contributed by atoms with Crippen molar-refractivity contribution in [2.75, 3.05) is 0 Å². The lowest BCUT2D eigenvalue weighted by atomic mass is 9.97. The Bertz CT molecular complexity index is 342. The van der Waals surface area contributed by atoms with Crippen LogP contribution in [0.3, 0.4) is 0 Å². The van der Waals surface area contributed by atoms with Gasteiger partial charge in [-0.15, -0.1) is 0 Å². The van der Waals surface area contributed by atoms with Crippen molar-refractivity contribution >= 4 is 6.29 Å². The minimum Gasteiger partial charge on any atom is -0.389 e. The third kappa shape index (κ3) is 3.16. The highest BCUT2D eigenvalue weighted by Crippen LogP contribution is 2.16. The van der Waals surface area contributed by atoms with Gasteiger partial charge in [0.2, 0.25) is 0 Å². The first kappa shape index (κ1) is 11.9. The lowest BCUT2D eigenvalue weighted by Gasteiger charge is -2.20. The van der Waals surface area contributed by atoms with Gasteiger partial charge >= 0.3 is 0 Å². The van der Waals surface area contributed by atoms with Gasteiger partial charge in [-0.05, 0) is 26.8 Å². The fourth-order valence-corrected chi connectivity index (χ4v) is 1.66.